The van der Waals surface area contributed by atoms with Crippen LogP contribution in [0.1, 0.15) is 47.9 Å². The Kier molecular flexibility index (Phi) is 4.94. The maximum atomic E-state index is 12.1. The molecule has 102 valence electrons. The highest BCUT2D eigenvalue weighted by molar-refractivity contribution is 5.92. The molecule has 1 aromatic rings. The number of ether oxygens (including phenoxy) is 1. The maximum absolute atomic E-state index is 12.1. The number of aryl methyl sites for hydroxylation is 1. The second kappa shape index (κ2) is 6.24. The fourth-order valence-electron chi connectivity index (χ4n) is 2.22. The summed E-state index contributed by atoms with van der Waals surface area (Å²) in [6, 6.07) is 1.30. The van der Waals surface area contributed by atoms with Crippen LogP contribution in [0.3, 0.4) is 0 Å². The van der Waals surface area contributed by atoms with Crippen LogP contribution in [0.25, 0.3) is 0 Å². The van der Waals surface area contributed by atoms with Crippen molar-refractivity contribution in [1.82, 2.24) is 4.57 Å². The molecule has 0 spiro atoms. The van der Waals surface area contributed by atoms with E-state index >= 15 is 0 Å². The quantitative estimate of drug-likeness (QED) is 0.617. The summed E-state index contributed by atoms with van der Waals surface area (Å²) in [5.74, 6) is 2.13. The second-order valence-electron chi connectivity index (χ2n) is 4.47. The molecule has 0 N–H and O–H groups in total. The van der Waals surface area contributed by atoms with E-state index in [1.165, 1.54) is 6.07 Å². The maximum Gasteiger partial charge on any atom is 0.340 e. The first-order valence-electron chi connectivity index (χ1n) is 6.27. The van der Waals surface area contributed by atoms with Gasteiger partial charge >= 0.3 is 5.97 Å². The molecule has 0 saturated carbocycles. The highest BCUT2D eigenvalue weighted by atomic mass is 16.5. The average molecular weight is 261 g/mol. The summed E-state index contributed by atoms with van der Waals surface area (Å²) in [4.78, 5) is 24.0. The molecule has 1 atom stereocenters. The zero-order valence-electron chi connectivity index (χ0n) is 11.8. The van der Waals surface area contributed by atoms with Gasteiger partial charge in [-0.1, -0.05) is 0 Å². The van der Waals surface area contributed by atoms with Gasteiger partial charge in [0.2, 0.25) is 0 Å². The average Bonchev–Trinajstić information content (AvgIpc) is 2.28. The lowest BCUT2D eigenvalue weighted by Crippen LogP contribution is -2.28. The topological polar surface area (TPSA) is 48.3 Å². The summed E-state index contributed by atoms with van der Waals surface area (Å²) in [6.45, 7) is 7.39. The normalized spacial score (nSPS) is 11.7. The van der Waals surface area contributed by atoms with Crippen molar-refractivity contribution >= 4 is 5.97 Å². The van der Waals surface area contributed by atoms with Crippen LogP contribution in [0.4, 0.5) is 0 Å². The number of aromatic nitrogens is 1. The van der Waals surface area contributed by atoms with Gasteiger partial charge in [0, 0.05) is 24.2 Å². The first-order chi connectivity index (χ1) is 8.93. The Balaban J connectivity index is 3.43. The number of hydrogen-bond acceptors (Lipinski definition) is 3. The predicted octanol–water partition coefficient (Wildman–Crippen LogP) is 2.23. The van der Waals surface area contributed by atoms with Gasteiger partial charge in [-0.15, -0.1) is 12.3 Å². The molecule has 0 aromatic carbocycles. The molecule has 0 aliphatic heterocycles. The smallest absolute Gasteiger partial charge is 0.340 e. The van der Waals surface area contributed by atoms with E-state index in [0.717, 1.165) is 0 Å². The van der Waals surface area contributed by atoms with Crippen LogP contribution in [0.5, 0.6) is 0 Å². The van der Waals surface area contributed by atoms with Crippen LogP contribution >= 0.6 is 0 Å². The fraction of sp³-hybridized carbons (Fsp3) is 0.467. The van der Waals surface area contributed by atoms with Crippen molar-refractivity contribution in [2.45, 2.75) is 40.2 Å². The molecule has 0 radical (unpaired) electrons. The summed E-state index contributed by atoms with van der Waals surface area (Å²) in [5, 5.41) is 0. The molecule has 0 bridgehead atoms. The van der Waals surface area contributed by atoms with Crippen LogP contribution in [-0.4, -0.2) is 17.1 Å². The largest absolute Gasteiger partial charge is 0.462 e. The van der Waals surface area contributed by atoms with Gasteiger partial charge in [-0.05, 0) is 33.3 Å². The third-order valence-electron chi connectivity index (χ3n) is 3.03. The SMILES string of the molecule is C#CCC(C)n1c(C)c(C(=O)OCC)c(C)cc1=O. The van der Waals surface area contributed by atoms with Gasteiger partial charge in [0.25, 0.3) is 5.56 Å². The molecular formula is C15H19NO3. The van der Waals surface area contributed by atoms with Gasteiger partial charge in [0.05, 0.1) is 12.2 Å². The zero-order valence-corrected chi connectivity index (χ0v) is 11.8. The minimum Gasteiger partial charge on any atom is -0.462 e. The van der Waals surface area contributed by atoms with E-state index in [9.17, 15) is 9.59 Å². The van der Waals surface area contributed by atoms with Crippen molar-refractivity contribution in [1.29, 1.82) is 0 Å². The van der Waals surface area contributed by atoms with E-state index in [0.29, 0.717) is 29.8 Å². The van der Waals surface area contributed by atoms with Gasteiger partial charge in [-0.3, -0.25) is 4.79 Å². The van der Waals surface area contributed by atoms with Crippen molar-refractivity contribution in [2.75, 3.05) is 6.61 Å². The highest BCUT2D eigenvalue weighted by Gasteiger charge is 2.19. The molecule has 0 saturated heterocycles. The van der Waals surface area contributed by atoms with Crippen LogP contribution in [0.2, 0.25) is 0 Å². The summed E-state index contributed by atoms with van der Waals surface area (Å²) in [6.07, 6.45) is 5.72. The summed E-state index contributed by atoms with van der Waals surface area (Å²) in [5.41, 5.74) is 1.53. The number of nitrogens with zero attached hydrogens (tertiary/aromatic N) is 1. The Labute approximate surface area is 113 Å². The molecule has 1 unspecified atom stereocenters. The molecule has 1 rings (SSSR count). The standard InChI is InChI=1S/C15H19NO3/c1-6-8-11(4)16-12(5)14(15(18)19-7-2)10(3)9-13(16)17/h1,9,11H,7-8H2,2-5H3. The van der Waals surface area contributed by atoms with E-state index < -0.39 is 5.97 Å². The van der Waals surface area contributed by atoms with Gasteiger partial charge in [-0.2, -0.15) is 0 Å². The van der Waals surface area contributed by atoms with E-state index in [1.807, 2.05) is 6.92 Å². The van der Waals surface area contributed by atoms with Crippen molar-refractivity contribution in [3.8, 4) is 12.3 Å². The molecule has 1 heterocycles. The van der Waals surface area contributed by atoms with E-state index in [-0.39, 0.29) is 11.6 Å². The van der Waals surface area contributed by atoms with Gasteiger partial charge in [0.15, 0.2) is 0 Å². The summed E-state index contributed by atoms with van der Waals surface area (Å²) < 4.78 is 6.58. The Hall–Kier alpha value is -2.02. The van der Waals surface area contributed by atoms with E-state index in [2.05, 4.69) is 5.92 Å². The van der Waals surface area contributed by atoms with Crippen LogP contribution in [0, 0.1) is 26.2 Å². The van der Waals surface area contributed by atoms with Gasteiger partial charge < -0.3 is 9.30 Å². The van der Waals surface area contributed by atoms with Gasteiger partial charge in [-0.25, -0.2) is 4.79 Å². The fourth-order valence-corrected chi connectivity index (χ4v) is 2.22. The number of esters is 1. The first kappa shape index (κ1) is 15.0. The number of rotatable bonds is 4. The second-order valence-corrected chi connectivity index (χ2v) is 4.47. The molecule has 4 nitrogen and oxygen atoms in total. The molecule has 0 fully saturated rings. The molecule has 0 aliphatic carbocycles. The van der Waals surface area contributed by atoms with Crippen molar-refractivity contribution in [2.24, 2.45) is 0 Å². The Morgan fingerprint density at radius 3 is 2.68 bits per heavy atom. The Bertz CT molecular complexity index is 578. The molecular weight excluding hydrogens is 242 g/mol. The lowest BCUT2D eigenvalue weighted by Gasteiger charge is -2.19. The predicted molar refractivity (Wildman–Crippen MR) is 74.3 cm³/mol. The molecule has 1 aromatic heterocycles. The Morgan fingerprint density at radius 1 is 1.53 bits per heavy atom. The van der Waals surface area contributed by atoms with Gasteiger partial charge in [0.1, 0.15) is 0 Å². The lowest BCUT2D eigenvalue weighted by molar-refractivity contribution is 0.0523. The van der Waals surface area contributed by atoms with Crippen molar-refractivity contribution in [3.63, 3.8) is 0 Å². The minimum absolute atomic E-state index is 0.147. The monoisotopic (exact) mass is 261 g/mol. The Morgan fingerprint density at radius 2 is 2.16 bits per heavy atom. The van der Waals surface area contributed by atoms with Crippen LogP contribution in [0.15, 0.2) is 10.9 Å². The first-order valence-corrected chi connectivity index (χ1v) is 6.27. The molecule has 0 aliphatic rings. The molecule has 19 heavy (non-hydrogen) atoms. The zero-order chi connectivity index (χ0) is 14.6. The van der Waals surface area contributed by atoms with Crippen molar-refractivity contribution in [3.05, 3.63) is 33.2 Å². The number of hydrogen-bond donors (Lipinski definition) is 0. The van der Waals surface area contributed by atoms with Crippen molar-refractivity contribution < 1.29 is 9.53 Å². The summed E-state index contributed by atoms with van der Waals surface area (Å²) in [7, 11) is 0. The lowest BCUT2D eigenvalue weighted by atomic mass is 10.1. The number of pyridine rings is 1. The third-order valence-corrected chi connectivity index (χ3v) is 3.03. The summed E-state index contributed by atoms with van der Waals surface area (Å²) >= 11 is 0. The number of terminal acetylenes is 1. The molecule has 4 heteroatoms. The van der Waals surface area contributed by atoms with Crippen LogP contribution < -0.4 is 5.56 Å². The third kappa shape index (κ3) is 3.05. The highest BCUT2D eigenvalue weighted by Crippen LogP contribution is 2.17. The minimum atomic E-state index is -0.404. The van der Waals surface area contributed by atoms with E-state index in [4.69, 9.17) is 11.2 Å². The number of carbonyl (C=O) groups is 1. The molecule has 0 amide bonds. The van der Waals surface area contributed by atoms with E-state index in [1.54, 1.807) is 25.3 Å². The number of carbonyl (C=O) groups excluding carboxylic acids is 1. The van der Waals surface area contributed by atoms with Crippen LogP contribution in [-0.2, 0) is 4.74 Å².